The fourth-order valence-corrected chi connectivity index (χ4v) is 1.79. The molecule has 1 aromatic carbocycles. The minimum absolute atomic E-state index is 0.0394. The Morgan fingerprint density at radius 1 is 1.47 bits per heavy atom. The van der Waals surface area contributed by atoms with Crippen molar-refractivity contribution in [2.45, 2.75) is 33.4 Å². The maximum Gasteiger partial charge on any atom is 0.317 e. The average Bonchev–Trinajstić information content (AvgIpc) is 2.26. The summed E-state index contributed by atoms with van der Waals surface area (Å²) in [4.78, 5) is 13.6. The van der Waals surface area contributed by atoms with Gasteiger partial charge in [0.1, 0.15) is 0 Å². The first-order valence-electron chi connectivity index (χ1n) is 5.83. The van der Waals surface area contributed by atoms with Gasteiger partial charge in [-0.2, -0.15) is 0 Å². The van der Waals surface area contributed by atoms with Crippen LogP contribution in [0.15, 0.2) is 24.3 Å². The third-order valence-corrected chi connectivity index (χ3v) is 2.69. The summed E-state index contributed by atoms with van der Waals surface area (Å²) >= 11 is 5.93. The van der Waals surface area contributed by atoms with Crippen LogP contribution in [0.1, 0.15) is 26.3 Å². The van der Waals surface area contributed by atoms with Gasteiger partial charge >= 0.3 is 6.03 Å². The second-order valence-electron chi connectivity index (χ2n) is 4.19. The van der Waals surface area contributed by atoms with E-state index >= 15 is 0 Å². The topological polar surface area (TPSA) is 32.3 Å². The normalized spacial score (nSPS) is 10.4. The second kappa shape index (κ2) is 6.50. The van der Waals surface area contributed by atoms with Crippen LogP contribution in [0.2, 0.25) is 5.02 Å². The SMILES string of the molecule is CCNC(=O)N(Cc1cccc(Cl)c1)C(C)C. The van der Waals surface area contributed by atoms with Crippen molar-refractivity contribution < 1.29 is 4.79 Å². The van der Waals surface area contributed by atoms with Gasteiger partial charge in [0.2, 0.25) is 0 Å². The average molecular weight is 255 g/mol. The molecule has 0 bridgehead atoms. The maximum absolute atomic E-state index is 11.9. The molecule has 94 valence electrons. The molecule has 0 aliphatic carbocycles. The molecule has 1 aromatic rings. The van der Waals surface area contributed by atoms with Crippen molar-refractivity contribution in [2.24, 2.45) is 0 Å². The van der Waals surface area contributed by atoms with Crippen LogP contribution in [0.5, 0.6) is 0 Å². The molecule has 0 aromatic heterocycles. The molecule has 0 aliphatic rings. The third-order valence-electron chi connectivity index (χ3n) is 2.45. The molecule has 0 saturated heterocycles. The minimum Gasteiger partial charge on any atom is -0.338 e. The van der Waals surface area contributed by atoms with Crippen LogP contribution in [0.4, 0.5) is 4.79 Å². The van der Waals surface area contributed by atoms with E-state index in [4.69, 9.17) is 11.6 Å². The Morgan fingerprint density at radius 3 is 2.71 bits per heavy atom. The van der Waals surface area contributed by atoms with Crippen molar-refractivity contribution in [1.29, 1.82) is 0 Å². The highest BCUT2D eigenvalue weighted by Gasteiger charge is 2.16. The maximum atomic E-state index is 11.9. The first-order valence-corrected chi connectivity index (χ1v) is 6.21. The lowest BCUT2D eigenvalue weighted by Crippen LogP contribution is -2.43. The van der Waals surface area contributed by atoms with E-state index in [-0.39, 0.29) is 12.1 Å². The number of halogens is 1. The lowest BCUT2D eigenvalue weighted by Gasteiger charge is -2.27. The Hall–Kier alpha value is -1.22. The van der Waals surface area contributed by atoms with Gasteiger partial charge in [-0.15, -0.1) is 0 Å². The molecule has 0 atom stereocenters. The number of nitrogens with zero attached hydrogens (tertiary/aromatic N) is 1. The van der Waals surface area contributed by atoms with Crippen LogP contribution < -0.4 is 5.32 Å². The number of carbonyl (C=O) groups is 1. The molecule has 0 aliphatic heterocycles. The monoisotopic (exact) mass is 254 g/mol. The molecule has 1 rings (SSSR count). The van der Waals surface area contributed by atoms with Gasteiger partial charge in [-0.1, -0.05) is 23.7 Å². The molecule has 0 radical (unpaired) electrons. The van der Waals surface area contributed by atoms with Crippen LogP contribution in [0.25, 0.3) is 0 Å². The fourth-order valence-electron chi connectivity index (χ4n) is 1.57. The predicted octanol–water partition coefficient (Wildman–Crippen LogP) is 3.28. The summed E-state index contributed by atoms with van der Waals surface area (Å²) in [6.45, 7) is 7.12. The van der Waals surface area contributed by atoms with Crippen LogP contribution in [-0.2, 0) is 6.54 Å². The quantitative estimate of drug-likeness (QED) is 0.879. The summed E-state index contributed by atoms with van der Waals surface area (Å²) in [5.41, 5.74) is 1.04. The molecule has 17 heavy (non-hydrogen) atoms. The highest BCUT2D eigenvalue weighted by atomic mass is 35.5. The van der Waals surface area contributed by atoms with Gasteiger partial charge in [0, 0.05) is 24.2 Å². The van der Waals surface area contributed by atoms with Crippen molar-refractivity contribution >= 4 is 17.6 Å². The van der Waals surface area contributed by atoms with E-state index in [2.05, 4.69) is 5.32 Å². The minimum atomic E-state index is -0.0394. The number of rotatable bonds is 4. The molecular formula is C13H19ClN2O. The Kier molecular flexibility index (Phi) is 5.29. The van der Waals surface area contributed by atoms with Crippen molar-refractivity contribution in [3.63, 3.8) is 0 Å². The van der Waals surface area contributed by atoms with Gasteiger partial charge in [0.05, 0.1) is 0 Å². The number of hydrogen-bond acceptors (Lipinski definition) is 1. The lowest BCUT2D eigenvalue weighted by molar-refractivity contribution is 0.180. The summed E-state index contributed by atoms with van der Waals surface area (Å²) < 4.78 is 0. The van der Waals surface area contributed by atoms with E-state index in [1.807, 2.05) is 45.0 Å². The van der Waals surface area contributed by atoms with E-state index in [9.17, 15) is 4.79 Å². The number of hydrogen-bond donors (Lipinski definition) is 1. The summed E-state index contributed by atoms with van der Waals surface area (Å²) in [7, 11) is 0. The molecule has 0 unspecified atom stereocenters. The molecule has 1 N–H and O–H groups in total. The molecule has 3 nitrogen and oxygen atoms in total. The van der Waals surface area contributed by atoms with Crippen molar-refractivity contribution in [1.82, 2.24) is 10.2 Å². The van der Waals surface area contributed by atoms with E-state index in [0.29, 0.717) is 18.1 Å². The van der Waals surface area contributed by atoms with Crippen LogP contribution in [-0.4, -0.2) is 23.5 Å². The zero-order valence-electron chi connectivity index (χ0n) is 10.5. The fraction of sp³-hybridized carbons (Fsp3) is 0.462. The van der Waals surface area contributed by atoms with Gasteiger partial charge in [-0.05, 0) is 38.5 Å². The van der Waals surface area contributed by atoms with E-state index < -0.39 is 0 Å². The van der Waals surface area contributed by atoms with Crippen LogP contribution >= 0.6 is 11.6 Å². The third kappa shape index (κ3) is 4.27. The molecule has 0 fully saturated rings. The van der Waals surface area contributed by atoms with Crippen LogP contribution in [0, 0.1) is 0 Å². The molecule has 0 spiro atoms. The standard InChI is InChI=1S/C13H19ClN2O/c1-4-15-13(17)16(10(2)3)9-11-6-5-7-12(14)8-11/h5-8,10H,4,9H2,1-3H3,(H,15,17). The molecule has 0 saturated carbocycles. The zero-order valence-corrected chi connectivity index (χ0v) is 11.3. The summed E-state index contributed by atoms with van der Waals surface area (Å²) in [5, 5.41) is 3.51. The van der Waals surface area contributed by atoms with E-state index in [1.165, 1.54) is 0 Å². The van der Waals surface area contributed by atoms with Gasteiger partial charge in [-0.3, -0.25) is 0 Å². The lowest BCUT2D eigenvalue weighted by atomic mass is 10.2. The van der Waals surface area contributed by atoms with E-state index in [0.717, 1.165) is 5.56 Å². The molecular weight excluding hydrogens is 236 g/mol. The Balaban J connectivity index is 2.76. The first kappa shape index (κ1) is 13.8. The molecule has 2 amide bonds. The highest BCUT2D eigenvalue weighted by molar-refractivity contribution is 6.30. The second-order valence-corrected chi connectivity index (χ2v) is 4.62. The summed E-state index contributed by atoms with van der Waals surface area (Å²) in [5.74, 6) is 0. The number of urea groups is 1. The Morgan fingerprint density at radius 2 is 2.18 bits per heavy atom. The smallest absolute Gasteiger partial charge is 0.317 e. The van der Waals surface area contributed by atoms with Gasteiger partial charge in [-0.25, -0.2) is 4.79 Å². The van der Waals surface area contributed by atoms with Crippen molar-refractivity contribution in [2.75, 3.05) is 6.54 Å². The molecule has 4 heteroatoms. The largest absolute Gasteiger partial charge is 0.338 e. The first-order chi connectivity index (χ1) is 8.04. The summed E-state index contributed by atoms with van der Waals surface area (Å²) in [6.07, 6.45) is 0. The number of nitrogens with one attached hydrogen (secondary N) is 1. The summed E-state index contributed by atoms with van der Waals surface area (Å²) in [6, 6.07) is 7.70. The Labute approximate surface area is 108 Å². The predicted molar refractivity (Wildman–Crippen MR) is 71.2 cm³/mol. The van der Waals surface area contributed by atoms with Crippen molar-refractivity contribution in [3.05, 3.63) is 34.9 Å². The Bertz CT molecular complexity index is 379. The van der Waals surface area contributed by atoms with Gasteiger partial charge in [0.15, 0.2) is 0 Å². The van der Waals surface area contributed by atoms with Gasteiger partial charge < -0.3 is 10.2 Å². The zero-order chi connectivity index (χ0) is 12.8. The number of benzene rings is 1. The molecule has 0 heterocycles. The van der Waals surface area contributed by atoms with Gasteiger partial charge in [0.25, 0.3) is 0 Å². The van der Waals surface area contributed by atoms with Crippen molar-refractivity contribution in [3.8, 4) is 0 Å². The van der Waals surface area contributed by atoms with E-state index in [1.54, 1.807) is 4.90 Å². The number of carbonyl (C=O) groups excluding carboxylic acids is 1. The highest BCUT2D eigenvalue weighted by Crippen LogP contribution is 2.14. The number of amides is 2. The van der Waals surface area contributed by atoms with Crippen LogP contribution in [0.3, 0.4) is 0 Å².